The first kappa shape index (κ1) is 15.1. The highest BCUT2D eigenvalue weighted by Gasteiger charge is 2.60. The predicted octanol–water partition coefficient (Wildman–Crippen LogP) is 3.62. The molecule has 0 heterocycles. The zero-order valence-corrected chi connectivity index (χ0v) is 13.8. The van der Waals surface area contributed by atoms with E-state index in [0.29, 0.717) is 24.2 Å². The number of hydrogen-bond donors (Lipinski definition) is 2. The van der Waals surface area contributed by atoms with Gasteiger partial charge in [0.05, 0.1) is 12.2 Å². The number of fused-ring (bicyclic) bond motifs is 5. The van der Waals surface area contributed by atoms with Crippen molar-refractivity contribution in [2.24, 2.45) is 28.6 Å². The van der Waals surface area contributed by atoms with Gasteiger partial charge < -0.3 is 10.2 Å². The molecule has 0 spiro atoms. The lowest BCUT2D eigenvalue weighted by atomic mass is 9.47. The van der Waals surface area contributed by atoms with Crippen LogP contribution in [0.15, 0.2) is 11.6 Å². The second-order valence-corrected chi connectivity index (χ2v) is 8.86. The molecule has 3 heteroatoms. The maximum absolute atomic E-state index is 14.9. The van der Waals surface area contributed by atoms with Crippen molar-refractivity contribution in [3.63, 3.8) is 0 Å². The van der Waals surface area contributed by atoms with Crippen LogP contribution in [0.3, 0.4) is 0 Å². The van der Waals surface area contributed by atoms with E-state index >= 15 is 0 Å². The van der Waals surface area contributed by atoms with Crippen LogP contribution >= 0.6 is 0 Å². The number of hydrogen-bond acceptors (Lipinski definition) is 2. The molecule has 0 bridgehead atoms. The van der Waals surface area contributed by atoms with Crippen molar-refractivity contribution in [1.29, 1.82) is 0 Å². The molecule has 124 valence electrons. The van der Waals surface area contributed by atoms with Crippen molar-refractivity contribution in [1.82, 2.24) is 0 Å². The molecule has 0 saturated heterocycles. The van der Waals surface area contributed by atoms with Gasteiger partial charge in [-0.3, -0.25) is 0 Å². The molecule has 3 unspecified atom stereocenters. The summed E-state index contributed by atoms with van der Waals surface area (Å²) in [5.41, 5.74) is 0.818. The van der Waals surface area contributed by atoms with E-state index in [0.717, 1.165) is 44.1 Å². The SMILES string of the molecule is C[C@]12CCC(O)C=C1C(F)C[C@@H]1[C@H]2CC[C@]2(C)C(O)CC[C@@H]12. The summed E-state index contributed by atoms with van der Waals surface area (Å²) >= 11 is 0. The third-order valence-corrected chi connectivity index (χ3v) is 8.01. The Balaban J connectivity index is 1.71. The average Bonchev–Trinajstić information content (AvgIpc) is 2.77. The second-order valence-electron chi connectivity index (χ2n) is 8.86. The van der Waals surface area contributed by atoms with Crippen LogP contribution in [-0.4, -0.2) is 28.6 Å². The fourth-order valence-corrected chi connectivity index (χ4v) is 6.68. The van der Waals surface area contributed by atoms with E-state index in [2.05, 4.69) is 13.8 Å². The Bertz CT molecular complexity index is 504. The van der Waals surface area contributed by atoms with E-state index in [-0.39, 0.29) is 16.9 Å². The number of aliphatic hydroxyl groups excluding tert-OH is 2. The molecule has 0 aliphatic heterocycles. The largest absolute Gasteiger partial charge is 0.393 e. The zero-order chi connectivity index (χ0) is 15.7. The van der Waals surface area contributed by atoms with Gasteiger partial charge in [0.25, 0.3) is 0 Å². The molecule has 0 aromatic heterocycles. The van der Waals surface area contributed by atoms with Gasteiger partial charge in [0.15, 0.2) is 0 Å². The predicted molar refractivity (Wildman–Crippen MR) is 84.0 cm³/mol. The Morgan fingerprint density at radius 3 is 2.59 bits per heavy atom. The smallest absolute Gasteiger partial charge is 0.122 e. The molecule has 2 N–H and O–H groups in total. The van der Waals surface area contributed by atoms with E-state index in [1.807, 2.05) is 6.08 Å². The number of aliphatic hydroxyl groups is 2. The number of halogens is 1. The Kier molecular flexibility index (Phi) is 3.30. The van der Waals surface area contributed by atoms with Gasteiger partial charge in [-0.15, -0.1) is 0 Å². The lowest BCUT2D eigenvalue weighted by Crippen LogP contribution is -2.53. The Hall–Kier alpha value is -0.410. The minimum absolute atomic E-state index is 0.00659. The van der Waals surface area contributed by atoms with Crippen molar-refractivity contribution in [3.05, 3.63) is 11.6 Å². The van der Waals surface area contributed by atoms with Crippen LogP contribution in [-0.2, 0) is 0 Å². The molecule has 2 nitrogen and oxygen atoms in total. The summed E-state index contributed by atoms with van der Waals surface area (Å²) in [5.74, 6) is 1.41. The molecule has 4 rings (SSSR count). The highest BCUT2D eigenvalue weighted by atomic mass is 19.1. The summed E-state index contributed by atoms with van der Waals surface area (Å²) in [7, 11) is 0. The summed E-state index contributed by atoms with van der Waals surface area (Å²) < 4.78 is 14.9. The Morgan fingerprint density at radius 1 is 1.05 bits per heavy atom. The van der Waals surface area contributed by atoms with Crippen molar-refractivity contribution in [3.8, 4) is 0 Å². The van der Waals surface area contributed by atoms with Crippen molar-refractivity contribution >= 4 is 0 Å². The minimum Gasteiger partial charge on any atom is -0.393 e. The first-order valence-electron chi connectivity index (χ1n) is 9.08. The lowest BCUT2D eigenvalue weighted by molar-refractivity contribution is -0.0877. The molecule has 0 amide bonds. The van der Waals surface area contributed by atoms with Crippen LogP contribution in [0, 0.1) is 28.6 Å². The number of rotatable bonds is 0. The number of allylic oxidation sites excluding steroid dienone is 1. The first-order chi connectivity index (χ1) is 10.4. The number of alkyl halides is 1. The summed E-state index contributed by atoms with van der Waals surface area (Å²) in [6.45, 7) is 4.47. The third-order valence-electron chi connectivity index (χ3n) is 8.01. The molecule has 0 aromatic rings. The highest BCUT2D eigenvalue weighted by molar-refractivity contribution is 5.29. The van der Waals surface area contributed by atoms with Gasteiger partial charge >= 0.3 is 0 Å². The van der Waals surface area contributed by atoms with E-state index in [1.54, 1.807) is 0 Å². The van der Waals surface area contributed by atoms with Crippen molar-refractivity contribution < 1.29 is 14.6 Å². The van der Waals surface area contributed by atoms with Gasteiger partial charge in [0.2, 0.25) is 0 Å². The fourth-order valence-electron chi connectivity index (χ4n) is 6.68. The maximum Gasteiger partial charge on any atom is 0.122 e. The molecule has 3 saturated carbocycles. The summed E-state index contributed by atoms with van der Waals surface area (Å²) in [5, 5.41) is 20.4. The Labute approximate surface area is 132 Å². The summed E-state index contributed by atoms with van der Waals surface area (Å²) in [6.07, 6.45) is 6.66. The molecule has 4 aliphatic carbocycles. The quantitative estimate of drug-likeness (QED) is 0.671. The first-order valence-corrected chi connectivity index (χ1v) is 9.08. The third kappa shape index (κ3) is 1.84. The van der Waals surface area contributed by atoms with Crippen LogP contribution < -0.4 is 0 Å². The Morgan fingerprint density at radius 2 is 1.82 bits per heavy atom. The van der Waals surface area contributed by atoms with Crippen LogP contribution in [0.25, 0.3) is 0 Å². The van der Waals surface area contributed by atoms with Crippen molar-refractivity contribution in [2.75, 3.05) is 0 Å². The van der Waals surface area contributed by atoms with Crippen molar-refractivity contribution in [2.45, 2.75) is 77.2 Å². The normalized spacial score (nSPS) is 57.6. The average molecular weight is 308 g/mol. The topological polar surface area (TPSA) is 40.5 Å². The minimum atomic E-state index is -0.902. The molecular formula is C19H29FO2. The van der Waals surface area contributed by atoms with Crippen LogP contribution in [0.2, 0.25) is 0 Å². The van der Waals surface area contributed by atoms with E-state index in [9.17, 15) is 14.6 Å². The molecule has 8 atom stereocenters. The maximum atomic E-state index is 14.9. The molecule has 3 fully saturated rings. The molecule has 22 heavy (non-hydrogen) atoms. The second kappa shape index (κ2) is 4.80. The lowest BCUT2D eigenvalue weighted by Gasteiger charge is -2.58. The van der Waals surface area contributed by atoms with Gasteiger partial charge in [0, 0.05) is 0 Å². The van der Waals surface area contributed by atoms with Gasteiger partial charge in [-0.1, -0.05) is 19.9 Å². The standard InChI is InChI=1S/C19H29FO2/c1-18-7-5-11(21)9-15(18)16(20)10-12-13-3-4-17(22)19(13,2)8-6-14(12)18/h9,11-14,16-17,21-22H,3-8,10H2,1-2H3/t11?,12-,13-,14+,16?,17?,18+,19-/m0/s1. The van der Waals surface area contributed by atoms with Gasteiger partial charge in [-0.05, 0) is 79.1 Å². The molecule has 0 radical (unpaired) electrons. The van der Waals surface area contributed by atoms with Gasteiger partial charge in [-0.2, -0.15) is 0 Å². The summed E-state index contributed by atoms with van der Waals surface area (Å²) in [4.78, 5) is 0. The van der Waals surface area contributed by atoms with E-state index in [4.69, 9.17) is 0 Å². The molecule has 4 aliphatic rings. The molecule has 0 aromatic carbocycles. The van der Waals surface area contributed by atoms with Crippen LogP contribution in [0.5, 0.6) is 0 Å². The molecular weight excluding hydrogens is 279 g/mol. The van der Waals surface area contributed by atoms with Crippen LogP contribution in [0.4, 0.5) is 4.39 Å². The van der Waals surface area contributed by atoms with Gasteiger partial charge in [-0.25, -0.2) is 4.39 Å². The highest BCUT2D eigenvalue weighted by Crippen LogP contribution is 2.65. The van der Waals surface area contributed by atoms with Crippen LogP contribution in [0.1, 0.15) is 58.8 Å². The monoisotopic (exact) mass is 308 g/mol. The van der Waals surface area contributed by atoms with E-state index in [1.165, 1.54) is 0 Å². The zero-order valence-electron chi connectivity index (χ0n) is 13.8. The van der Waals surface area contributed by atoms with Gasteiger partial charge in [0.1, 0.15) is 6.17 Å². The van der Waals surface area contributed by atoms with E-state index < -0.39 is 12.3 Å². The fraction of sp³-hybridized carbons (Fsp3) is 0.895. The summed E-state index contributed by atoms with van der Waals surface area (Å²) in [6, 6.07) is 0.